The normalized spacial score (nSPS) is 10.5. The van der Waals surface area contributed by atoms with Crippen LogP contribution in [0.2, 0.25) is 5.02 Å². The number of aromatic nitrogens is 2. The molecule has 2 aromatic rings. The second kappa shape index (κ2) is 5.73. The third-order valence-electron chi connectivity index (χ3n) is 2.55. The zero-order valence-corrected chi connectivity index (χ0v) is 10.6. The van der Waals surface area contributed by atoms with Crippen LogP contribution < -0.4 is 5.32 Å². The Kier molecular flexibility index (Phi) is 4.04. The van der Waals surface area contributed by atoms with E-state index in [1.807, 2.05) is 36.0 Å². The highest BCUT2D eigenvalue weighted by molar-refractivity contribution is 6.31. The number of nitrogens with zero attached hydrogens (tertiary/aromatic N) is 2. The summed E-state index contributed by atoms with van der Waals surface area (Å²) in [6.45, 7) is 3.73. The summed E-state index contributed by atoms with van der Waals surface area (Å²) in [6.07, 6.45) is 2.89. The molecule has 0 saturated carbocycles. The third kappa shape index (κ3) is 3.49. The van der Waals surface area contributed by atoms with Crippen LogP contribution in [0, 0.1) is 6.92 Å². The molecule has 0 aliphatic rings. The average molecular weight is 250 g/mol. The monoisotopic (exact) mass is 249 g/mol. The first-order valence-electron chi connectivity index (χ1n) is 5.74. The van der Waals surface area contributed by atoms with Crippen LogP contribution in [0.25, 0.3) is 0 Å². The van der Waals surface area contributed by atoms with E-state index in [1.54, 1.807) is 0 Å². The van der Waals surface area contributed by atoms with Gasteiger partial charge in [-0.3, -0.25) is 4.68 Å². The average Bonchev–Trinajstić information content (AvgIpc) is 2.66. The van der Waals surface area contributed by atoms with Gasteiger partial charge < -0.3 is 5.32 Å². The maximum absolute atomic E-state index is 5.94. The Morgan fingerprint density at radius 2 is 2.06 bits per heavy atom. The number of hydrogen-bond acceptors (Lipinski definition) is 2. The predicted molar refractivity (Wildman–Crippen MR) is 71.5 cm³/mol. The lowest BCUT2D eigenvalue weighted by molar-refractivity contribution is 0.588. The van der Waals surface area contributed by atoms with Crippen molar-refractivity contribution < 1.29 is 0 Å². The molecule has 0 bridgehead atoms. The molecule has 17 heavy (non-hydrogen) atoms. The van der Waals surface area contributed by atoms with Gasteiger partial charge in [0.05, 0.1) is 10.7 Å². The van der Waals surface area contributed by atoms with E-state index in [2.05, 4.69) is 22.5 Å². The van der Waals surface area contributed by atoms with Gasteiger partial charge in [-0.15, -0.1) is 0 Å². The molecule has 0 fully saturated rings. The molecular formula is C13H16ClN3. The highest BCUT2D eigenvalue weighted by atomic mass is 35.5. The van der Waals surface area contributed by atoms with E-state index < -0.39 is 0 Å². The minimum absolute atomic E-state index is 0.737. The van der Waals surface area contributed by atoms with Crippen molar-refractivity contribution in [2.45, 2.75) is 19.9 Å². The Morgan fingerprint density at radius 1 is 1.29 bits per heavy atom. The summed E-state index contributed by atoms with van der Waals surface area (Å²) in [4.78, 5) is 0. The molecule has 0 saturated heterocycles. The van der Waals surface area contributed by atoms with E-state index >= 15 is 0 Å². The van der Waals surface area contributed by atoms with Crippen LogP contribution in [-0.2, 0) is 6.54 Å². The lowest BCUT2D eigenvalue weighted by Crippen LogP contribution is -2.07. The third-order valence-corrected chi connectivity index (χ3v) is 2.92. The zero-order valence-electron chi connectivity index (χ0n) is 9.86. The van der Waals surface area contributed by atoms with Crippen LogP contribution in [0.5, 0.6) is 0 Å². The lowest BCUT2D eigenvalue weighted by Gasteiger charge is -2.05. The van der Waals surface area contributed by atoms with Crippen molar-refractivity contribution in [3.8, 4) is 0 Å². The van der Waals surface area contributed by atoms with Gasteiger partial charge >= 0.3 is 0 Å². The van der Waals surface area contributed by atoms with Crippen molar-refractivity contribution in [2.24, 2.45) is 0 Å². The quantitative estimate of drug-likeness (QED) is 0.824. The summed E-state index contributed by atoms with van der Waals surface area (Å²) in [6, 6.07) is 10.2. The van der Waals surface area contributed by atoms with Crippen molar-refractivity contribution >= 4 is 17.3 Å². The standard InChI is InChI=1S/C13H16ClN3/c1-11-13(14)10-17(16-11)9-5-8-15-12-6-3-2-4-7-12/h2-4,6-7,10,15H,5,8-9H2,1H3. The number of aryl methyl sites for hydroxylation is 2. The summed E-state index contributed by atoms with van der Waals surface area (Å²) >= 11 is 5.94. The Bertz CT molecular complexity index is 445. The molecule has 1 aromatic carbocycles. The van der Waals surface area contributed by atoms with Gasteiger partial charge in [0.25, 0.3) is 0 Å². The van der Waals surface area contributed by atoms with Gasteiger partial charge in [0, 0.05) is 25.0 Å². The Hall–Kier alpha value is -1.48. The Balaban J connectivity index is 1.73. The molecule has 1 heterocycles. The minimum atomic E-state index is 0.737. The number of rotatable bonds is 5. The summed E-state index contributed by atoms with van der Waals surface area (Å²) in [5.41, 5.74) is 2.05. The van der Waals surface area contributed by atoms with Gasteiger partial charge in [-0.1, -0.05) is 29.8 Å². The van der Waals surface area contributed by atoms with Crippen LogP contribution in [0.15, 0.2) is 36.5 Å². The number of anilines is 1. The molecule has 0 amide bonds. The Labute approximate surface area is 106 Å². The molecule has 2 rings (SSSR count). The first kappa shape index (κ1) is 12.0. The number of para-hydroxylation sites is 1. The molecule has 0 spiro atoms. The van der Waals surface area contributed by atoms with E-state index in [0.717, 1.165) is 35.9 Å². The van der Waals surface area contributed by atoms with Crippen molar-refractivity contribution in [1.82, 2.24) is 9.78 Å². The molecule has 0 aliphatic carbocycles. The molecule has 90 valence electrons. The lowest BCUT2D eigenvalue weighted by atomic mass is 10.3. The fourth-order valence-electron chi connectivity index (χ4n) is 1.64. The summed E-state index contributed by atoms with van der Waals surface area (Å²) < 4.78 is 1.89. The van der Waals surface area contributed by atoms with Crippen molar-refractivity contribution in [3.63, 3.8) is 0 Å². The van der Waals surface area contributed by atoms with E-state index in [4.69, 9.17) is 11.6 Å². The molecular weight excluding hydrogens is 234 g/mol. The van der Waals surface area contributed by atoms with Crippen LogP contribution in [0.1, 0.15) is 12.1 Å². The topological polar surface area (TPSA) is 29.9 Å². The van der Waals surface area contributed by atoms with Gasteiger partial charge in [-0.2, -0.15) is 5.10 Å². The number of halogens is 1. The minimum Gasteiger partial charge on any atom is -0.385 e. The number of nitrogens with one attached hydrogen (secondary N) is 1. The van der Waals surface area contributed by atoms with Gasteiger partial charge in [-0.05, 0) is 25.5 Å². The summed E-state index contributed by atoms with van der Waals surface area (Å²) in [5.74, 6) is 0. The fourth-order valence-corrected chi connectivity index (χ4v) is 1.79. The van der Waals surface area contributed by atoms with Gasteiger partial charge in [0.15, 0.2) is 0 Å². The van der Waals surface area contributed by atoms with Gasteiger partial charge in [0.2, 0.25) is 0 Å². The van der Waals surface area contributed by atoms with Crippen molar-refractivity contribution in [1.29, 1.82) is 0 Å². The highest BCUT2D eigenvalue weighted by Crippen LogP contribution is 2.12. The van der Waals surface area contributed by atoms with Gasteiger partial charge in [0.1, 0.15) is 0 Å². The smallest absolute Gasteiger partial charge is 0.0814 e. The molecule has 3 nitrogen and oxygen atoms in total. The van der Waals surface area contributed by atoms with Crippen LogP contribution in [-0.4, -0.2) is 16.3 Å². The largest absolute Gasteiger partial charge is 0.385 e. The second-order valence-corrected chi connectivity index (χ2v) is 4.38. The second-order valence-electron chi connectivity index (χ2n) is 3.97. The van der Waals surface area contributed by atoms with Crippen LogP contribution in [0.4, 0.5) is 5.69 Å². The highest BCUT2D eigenvalue weighted by Gasteiger charge is 2.00. The molecule has 0 atom stereocenters. The van der Waals surface area contributed by atoms with Crippen molar-refractivity contribution in [2.75, 3.05) is 11.9 Å². The molecule has 0 radical (unpaired) electrons. The maximum atomic E-state index is 5.94. The molecule has 4 heteroatoms. The van der Waals surface area contributed by atoms with Gasteiger partial charge in [-0.25, -0.2) is 0 Å². The summed E-state index contributed by atoms with van der Waals surface area (Å²) in [7, 11) is 0. The molecule has 1 aromatic heterocycles. The van der Waals surface area contributed by atoms with Crippen LogP contribution in [0.3, 0.4) is 0 Å². The fraction of sp³-hybridized carbons (Fsp3) is 0.308. The van der Waals surface area contributed by atoms with E-state index in [0.29, 0.717) is 0 Å². The molecule has 1 N–H and O–H groups in total. The van der Waals surface area contributed by atoms with Crippen LogP contribution >= 0.6 is 11.6 Å². The molecule has 0 aliphatic heterocycles. The Morgan fingerprint density at radius 3 is 2.71 bits per heavy atom. The molecule has 0 unspecified atom stereocenters. The number of hydrogen-bond donors (Lipinski definition) is 1. The van der Waals surface area contributed by atoms with Crippen molar-refractivity contribution in [3.05, 3.63) is 47.2 Å². The first-order chi connectivity index (χ1) is 8.25. The predicted octanol–water partition coefficient (Wildman–Crippen LogP) is 3.35. The van der Waals surface area contributed by atoms with E-state index in [1.165, 1.54) is 0 Å². The van der Waals surface area contributed by atoms with E-state index in [-0.39, 0.29) is 0 Å². The maximum Gasteiger partial charge on any atom is 0.0814 e. The first-order valence-corrected chi connectivity index (χ1v) is 6.12. The SMILES string of the molecule is Cc1nn(CCCNc2ccccc2)cc1Cl. The van der Waals surface area contributed by atoms with E-state index in [9.17, 15) is 0 Å². The zero-order chi connectivity index (χ0) is 12.1. The number of benzene rings is 1. The summed E-state index contributed by atoms with van der Waals surface area (Å²) in [5, 5.41) is 8.41.